The number of ether oxygens (including phenoxy) is 2. The van der Waals surface area contributed by atoms with Gasteiger partial charge in [0.2, 0.25) is 0 Å². The number of hydrogen-bond donors (Lipinski definition) is 1. The summed E-state index contributed by atoms with van der Waals surface area (Å²) in [6, 6.07) is 5.42. The Bertz CT molecular complexity index is 381. The van der Waals surface area contributed by atoms with E-state index >= 15 is 0 Å². The van der Waals surface area contributed by atoms with E-state index in [-0.39, 0.29) is 12.5 Å². The smallest absolute Gasteiger partial charge is 0.314 e. The molecule has 0 fully saturated rings. The summed E-state index contributed by atoms with van der Waals surface area (Å²) in [5, 5.41) is 0. The number of benzene rings is 1. The van der Waals surface area contributed by atoms with Crippen molar-refractivity contribution in [2.75, 3.05) is 20.8 Å². The highest BCUT2D eigenvalue weighted by atomic mass is 79.9. The molecule has 16 heavy (non-hydrogen) atoms. The Morgan fingerprint density at radius 2 is 2.19 bits per heavy atom. The third-order valence-corrected chi connectivity index (χ3v) is 2.95. The highest BCUT2D eigenvalue weighted by Crippen LogP contribution is 2.29. The molecule has 0 heterocycles. The highest BCUT2D eigenvalue weighted by molar-refractivity contribution is 9.10. The zero-order valence-corrected chi connectivity index (χ0v) is 10.8. The highest BCUT2D eigenvalue weighted by Gasteiger charge is 2.20. The van der Waals surface area contributed by atoms with Gasteiger partial charge in [0.25, 0.3) is 0 Å². The second-order valence-corrected chi connectivity index (χ2v) is 4.06. The first-order valence-corrected chi connectivity index (χ1v) is 5.54. The summed E-state index contributed by atoms with van der Waals surface area (Å²) in [6.45, 7) is 0.206. The van der Waals surface area contributed by atoms with Crippen molar-refractivity contribution in [2.24, 2.45) is 5.73 Å². The van der Waals surface area contributed by atoms with Gasteiger partial charge in [0, 0.05) is 6.54 Å². The monoisotopic (exact) mass is 287 g/mol. The molecule has 1 rings (SSSR count). The zero-order chi connectivity index (χ0) is 12.1. The fraction of sp³-hybridized carbons (Fsp3) is 0.364. The van der Waals surface area contributed by atoms with Gasteiger partial charge in [-0.2, -0.15) is 0 Å². The van der Waals surface area contributed by atoms with Crippen molar-refractivity contribution < 1.29 is 14.3 Å². The first-order chi connectivity index (χ1) is 7.63. The molecular formula is C11H14BrNO3. The molecule has 0 aromatic heterocycles. The van der Waals surface area contributed by atoms with Gasteiger partial charge >= 0.3 is 5.97 Å². The van der Waals surface area contributed by atoms with Crippen molar-refractivity contribution in [1.29, 1.82) is 0 Å². The number of methoxy groups -OCH3 is 2. The molecule has 1 unspecified atom stereocenters. The van der Waals surface area contributed by atoms with E-state index in [1.807, 2.05) is 12.1 Å². The molecule has 0 aliphatic carbocycles. The van der Waals surface area contributed by atoms with Crippen LogP contribution in [0.25, 0.3) is 0 Å². The average Bonchev–Trinajstić information content (AvgIpc) is 2.31. The number of nitrogens with two attached hydrogens (primary N) is 1. The van der Waals surface area contributed by atoms with E-state index in [9.17, 15) is 4.79 Å². The van der Waals surface area contributed by atoms with Gasteiger partial charge < -0.3 is 15.2 Å². The molecule has 1 aromatic carbocycles. The lowest BCUT2D eigenvalue weighted by atomic mass is 9.99. The summed E-state index contributed by atoms with van der Waals surface area (Å²) in [4.78, 5) is 11.5. The van der Waals surface area contributed by atoms with E-state index in [0.717, 1.165) is 10.0 Å². The van der Waals surface area contributed by atoms with Crippen LogP contribution in [-0.4, -0.2) is 26.7 Å². The van der Waals surface area contributed by atoms with Gasteiger partial charge in [0.15, 0.2) is 0 Å². The van der Waals surface area contributed by atoms with Crippen LogP contribution in [0.1, 0.15) is 11.5 Å². The average molecular weight is 288 g/mol. The summed E-state index contributed by atoms with van der Waals surface area (Å²) in [5.74, 6) is -0.126. The fourth-order valence-corrected chi connectivity index (χ4v) is 1.81. The molecule has 1 aromatic rings. The summed E-state index contributed by atoms with van der Waals surface area (Å²) in [6.07, 6.45) is 0. The third-order valence-electron chi connectivity index (χ3n) is 2.30. The molecule has 2 N–H and O–H groups in total. The zero-order valence-electron chi connectivity index (χ0n) is 9.20. The quantitative estimate of drug-likeness (QED) is 0.856. The van der Waals surface area contributed by atoms with Crippen LogP contribution in [0.3, 0.4) is 0 Å². The van der Waals surface area contributed by atoms with Gasteiger partial charge in [-0.15, -0.1) is 0 Å². The largest absolute Gasteiger partial charge is 0.496 e. The number of carbonyl (C=O) groups is 1. The molecule has 0 aliphatic heterocycles. The van der Waals surface area contributed by atoms with Gasteiger partial charge in [-0.05, 0) is 33.6 Å². The molecule has 0 saturated carbocycles. The minimum absolute atomic E-state index is 0.206. The van der Waals surface area contributed by atoms with Crippen molar-refractivity contribution in [3.63, 3.8) is 0 Å². The van der Waals surface area contributed by atoms with E-state index in [4.69, 9.17) is 10.5 Å². The number of esters is 1. The Labute approximate surface area is 103 Å². The molecule has 0 amide bonds. The second kappa shape index (κ2) is 5.86. The standard InChI is InChI=1S/C11H14BrNO3/c1-15-10-5-7(3-4-9(10)12)8(6-13)11(14)16-2/h3-5,8H,6,13H2,1-2H3. The third kappa shape index (κ3) is 2.74. The van der Waals surface area contributed by atoms with E-state index in [0.29, 0.717) is 5.75 Å². The van der Waals surface area contributed by atoms with Crippen LogP contribution in [0.2, 0.25) is 0 Å². The predicted octanol–water partition coefficient (Wildman–Crippen LogP) is 1.67. The molecule has 88 valence electrons. The van der Waals surface area contributed by atoms with Crippen molar-refractivity contribution >= 4 is 21.9 Å². The molecule has 4 nitrogen and oxygen atoms in total. The normalized spacial score (nSPS) is 12.0. The summed E-state index contributed by atoms with van der Waals surface area (Å²) in [7, 11) is 2.92. The lowest BCUT2D eigenvalue weighted by Gasteiger charge is -2.14. The molecule has 5 heteroatoms. The Balaban J connectivity index is 3.06. The summed E-state index contributed by atoms with van der Waals surface area (Å²) in [5.41, 5.74) is 6.34. The summed E-state index contributed by atoms with van der Waals surface area (Å²) >= 11 is 3.34. The van der Waals surface area contributed by atoms with Gasteiger partial charge in [-0.25, -0.2) is 0 Å². The lowest BCUT2D eigenvalue weighted by molar-refractivity contribution is -0.142. The van der Waals surface area contributed by atoms with Crippen LogP contribution in [0, 0.1) is 0 Å². The first-order valence-electron chi connectivity index (χ1n) is 4.75. The van der Waals surface area contributed by atoms with Crippen LogP contribution in [-0.2, 0) is 9.53 Å². The molecule has 0 spiro atoms. The van der Waals surface area contributed by atoms with Crippen molar-refractivity contribution in [3.05, 3.63) is 28.2 Å². The topological polar surface area (TPSA) is 61.5 Å². The van der Waals surface area contributed by atoms with Crippen LogP contribution in [0.15, 0.2) is 22.7 Å². The molecule has 0 saturated heterocycles. The van der Waals surface area contributed by atoms with Crippen LogP contribution < -0.4 is 10.5 Å². The van der Waals surface area contributed by atoms with Crippen LogP contribution in [0.5, 0.6) is 5.75 Å². The van der Waals surface area contributed by atoms with E-state index in [2.05, 4.69) is 20.7 Å². The van der Waals surface area contributed by atoms with Crippen molar-refractivity contribution in [2.45, 2.75) is 5.92 Å². The molecule has 0 radical (unpaired) electrons. The second-order valence-electron chi connectivity index (χ2n) is 3.21. The Morgan fingerprint density at radius 3 is 2.69 bits per heavy atom. The maximum absolute atomic E-state index is 11.5. The maximum atomic E-state index is 11.5. The minimum atomic E-state index is -0.452. The van der Waals surface area contributed by atoms with Gasteiger partial charge in [0.1, 0.15) is 5.75 Å². The van der Waals surface area contributed by atoms with Crippen LogP contribution >= 0.6 is 15.9 Å². The molecule has 1 atom stereocenters. The lowest BCUT2D eigenvalue weighted by Crippen LogP contribution is -2.22. The Kier molecular flexibility index (Phi) is 4.76. The van der Waals surface area contributed by atoms with E-state index in [1.54, 1.807) is 13.2 Å². The van der Waals surface area contributed by atoms with Gasteiger partial charge in [-0.3, -0.25) is 4.79 Å². The molecule has 0 bridgehead atoms. The van der Waals surface area contributed by atoms with Crippen LogP contribution in [0.4, 0.5) is 0 Å². The maximum Gasteiger partial charge on any atom is 0.314 e. The number of hydrogen-bond acceptors (Lipinski definition) is 4. The van der Waals surface area contributed by atoms with Gasteiger partial charge in [0.05, 0.1) is 24.6 Å². The fourth-order valence-electron chi connectivity index (χ4n) is 1.40. The van der Waals surface area contributed by atoms with E-state index < -0.39 is 5.92 Å². The Morgan fingerprint density at radius 1 is 1.50 bits per heavy atom. The minimum Gasteiger partial charge on any atom is -0.496 e. The van der Waals surface area contributed by atoms with E-state index in [1.165, 1.54) is 7.11 Å². The van der Waals surface area contributed by atoms with Gasteiger partial charge in [-0.1, -0.05) is 6.07 Å². The predicted molar refractivity (Wildman–Crippen MR) is 64.5 cm³/mol. The first kappa shape index (κ1) is 13.0. The van der Waals surface area contributed by atoms with Crippen molar-refractivity contribution in [3.8, 4) is 5.75 Å². The Hall–Kier alpha value is -1.07. The SMILES string of the molecule is COC(=O)C(CN)c1ccc(Br)c(OC)c1. The number of rotatable bonds is 4. The van der Waals surface area contributed by atoms with Crippen molar-refractivity contribution in [1.82, 2.24) is 0 Å². The number of halogens is 1. The number of carbonyl (C=O) groups excluding carboxylic acids is 1. The summed E-state index contributed by atoms with van der Waals surface area (Å²) < 4.78 is 10.7. The molecular weight excluding hydrogens is 274 g/mol. The molecule has 0 aliphatic rings.